The minimum absolute atomic E-state index is 0.117. The van der Waals surface area contributed by atoms with E-state index in [1.54, 1.807) is 7.05 Å². The van der Waals surface area contributed by atoms with Crippen molar-refractivity contribution in [2.45, 2.75) is 38.5 Å². The van der Waals surface area contributed by atoms with Crippen LogP contribution in [-0.2, 0) is 13.1 Å². The van der Waals surface area contributed by atoms with E-state index in [1.165, 1.54) is 11.1 Å². The molecule has 1 heterocycles. The topological polar surface area (TPSA) is 69.1 Å². The third-order valence-electron chi connectivity index (χ3n) is 5.30. The number of benzene rings is 2. The molecular weight excluding hydrogens is 376 g/mol. The Morgan fingerprint density at radius 1 is 1.03 bits per heavy atom. The van der Waals surface area contributed by atoms with E-state index in [4.69, 9.17) is 4.74 Å². The summed E-state index contributed by atoms with van der Waals surface area (Å²) < 4.78 is 5.71. The Morgan fingerprint density at radius 3 is 2.43 bits per heavy atom. The van der Waals surface area contributed by atoms with Crippen LogP contribution in [0.3, 0.4) is 0 Å². The number of hydrogen-bond donors (Lipinski definition) is 3. The van der Waals surface area contributed by atoms with Crippen LogP contribution in [0.15, 0.2) is 59.6 Å². The number of para-hydroxylation sites is 1. The largest absolute Gasteiger partial charge is 0.494 e. The number of likely N-dealkylation sites (tertiary alicyclic amines) is 1. The molecule has 3 N–H and O–H groups in total. The van der Waals surface area contributed by atoms with E-state index in [9.17, 15) is 5.11 Å². The van der Waals surface area contributed by atoms with Crippen LogP contribution in [0.2, 0.25) is 0 Å². The molecule has 0 atom stereocenters. The van der Waals surface area contributed by atoms with Gasteiger partial charge in [-0.2, -0.15) is 0 Å². The van der Waals surface area contributed by atoms with Crippen LogP contribution in [0, 0.1) is 0 Å². The summed E-state index contributed by atoms with van der Waals surface area (Å²) in [6.45, 7) is 5.11. The van der Waals surface area contributed by atoms with Crippen molar-refractivity contribution >= 4 is 5.96 Å². The van der Waals surface area contributed by atoms with Crippen LogP contribution in [0.4, 0.5) is 0 Å². The Kier molecular flexibility index (Phi) is 9.00. The van der Waals surface area contributed by atoms with Gasteiger partial charge in [0, 0.05) is 39.8 Å². The number of rotatable bonds is 9. The van der Waals surface area contributed by atoms with Crippen molar-refractivity contribution in [2.24, 2.45) is 4.99 Å². The number of hydrogen-bond acceptors (Lipinski definition) is 4. The van der Waals surface area contributed by atoms with Gasteiger partial charge in [0.05, 0.1) is 12.7 Å². The summed E-state index contributed by atoms with van der Waals surface area (Å²) in [4.78, 5) is 6.70. The Morgan fingerprint density at radius 2 is 1.73 bits per heavy atom. The van der Waals surface area contributed by atoms with Crippen LogP contribution in [0.1, 0.15) is 30.4 Å². The van der Waals surface area contributed by atoms with Gasteiger partial charge in [-0.25, -0.2) is 0 Å². The molecule has 30 heavy (non-hydrogen) atoms. The molecule has 0 aromatic heterocycles. The highest BCUT2D eigenvalue weighted by atomic mass is 16.5. The summed E-state index contributed by atoms with van der Waals surface area (Å²) >= 11 is 0. The van der Waals surface area contributed by atoms with Gasteiger partial charge in [-0.1, -0.05) is 42.5 Å². The second kappa shape index (κ2) is 12.2. The van der Waals surface area contributed by atoms with Crippen molar-refractivity contribution in [1.29, 1.82) is 0 Å². The summed E-state index contributed by atoms with van der Waals surface area (Å²) in [7, 11) is 1.79. The van der Waals surface area contributed by atoms with Gasteiger partial charge in [0.1, 0.15) is 5.75 Å². The number of guanidine groups is 1. The molecule has 1 aliphatic rings. The highest BCUT2D eigenvalue weighted by molar-refractivity contribution is 5.79. The van der Waals surface area contributed by atoms with Crippen LogP contribution >= 0.6 is 0 Å². The fourth-order valence-electron chi connectivity index (χ4n) is 3.49. The number of aliphatic hydroxyl groups is 1. The number of aliphatic hydroxyl groups excluding tert-OH is 1. The molecule has 0 amide bonds. The first-order chi connectivity index (χ1) is 14.7. The smallest absolute Gasteiger partial charge is 0.191 e. The minimum atomic E-state index is -0.117. The Bertz CT molecular complexity index is 757. The normalized spacial score (nSPS) is 15.7. The second-order valence-corrected chi connectivity index (χ2v) is 7.69. The zero-order valence-corrected chi connectivity index (χ0v) is 17.9. The fraction of sp³-hybridized carbons (Fsp3) is 0.458. The molecule has 1 saturated heterocycles. The number of piperidine rings is 1. The van der Waals surface area contributed by atoms with Gasteiger partial charge >= 0.3 is 0 Å². The number of ether oxygens (including phenoxy) is 1. The lowest BCUT2D eigenvalue weighted by Gasteiger charge is -2.29. The molecule has 0 radical (unpaired) electrons. The van der Waals surface area contributed by atoms with Crippen molar-refractivity contribution in [3.8, 4) is 5.75 Å². The van der Waals surface area contributed by atoms with E-state index in [-0.39, 0.29) is 6.10 Å². The highest BCUT2D eigenvalue weighted by Crippen LogP contribution is 2.14. The van der Waals surface area contributed by atoms with E-state index < -0.39 is 0 Å². The summed E-state index contributed by atoms with van der Waals surface area (Å²) in [5.74, 6) is 1.70. The van der Waals surface area contributed by atoms with Crippen molar-refractivity contribution in [2.75, 3.05) is 33.3 Å². The fourth-order valence-corrected chi connectivity index (χ4v) is 3.49. The van der Waals surface area contributed by atoms with E-state index in [2.05, 4.69) is 44.8 Å². The summed E-state index contributed by atoms with van der Waals surface area (Å²) in [6.07, 6.45) is 2.55. The first-order valence-corrected chi connectivity index (χ1v) is 10.8. The maximum Gasteiger partial charge on any atom is 0.191 e. The average molecular weight is 411 g/mol. The molecule has 2 aromatic rings. The van der Waals surface area contributed by atoms with Crippen molar-refractivity contribution in [3.63, 3.8) is 0 Å². The van der Waals surface area contributed by atoms with Crippen LogP contribution in [0.5, 0.6) is 5.75 Å². The third-order valence-corrected chi connectivity index (χ3v) is 5.30. The molecule has 0 spiro atoms. The lowest BCUT2D eigenvalue weighted by atomic mass is 10.1. The molecule has 0 aliphatic carbocycles. The first-order valence-electron chi connectivity index (χ1n) is 10.8. The molecular formula is C24H34N4O2. The van der Waals surface area contributed by atoms with Gasteiger partial charge in [-0.05, 0) is 42.5 Å². The molecule has 6 nitrogen and oxygen atoms in total. The maximum absolute atomic E-state index is 9.63. The van der Waals surface area contributed by atoms with Gasteiger partial charge in [-0.3, -0.25) is 9.89 Å². The predicted molar refractivity (Wildman–Crippen MR) is 122 cm³/mol. The average Bonchev–Trinajstić information content (AvgIpc) is 2.79. The van der Waals surface area contributed by atoms with E-state index >= 15 is 0 Å². The number of nitrogens with one attached hydrogen (secondary N) is 2. The van der Waals surface area contributed by atoms with Crippen LogP contribution in [-0.4, -0.2) is 55.4 Å². The molecule has 162 valence electrons. The Labute approximate surface area is 180 Å². The van der Waals surface area contributed by atoms with Gasteiger partial charge in [0.2, 0.25) is 0 Å². The summed E-state index contributed by atoms with van der Waals surface area (Å²) in [5, 5.41) is 16.3. The monoisotopic (exact) mass is 410 g/mol. The Hall–Kier alpha value is -2.57. The van der Waals surface area contributed by atoms with Crippen molar-refractivity contribution < 1.29 is 9.84 Å². The standard InChI is InChI=1S/C24H34N4O2/c1-25-24(26-14-5-17-30-23-6-3-2-4-7-23)27-18-20-8-10-21(11-9-20)19-28-15-12-22(29)13-16-28/h2-4,6-11,22,29H,5,12-19H2,1H3,(H2,25,26,27). The molecule has 0 bridgehead atoms. The van der Waals surface area contributed by atoms with Crippen LogP contribution < -0.4 is 15.4 Å². The minimum Gasteiger partial charge on any atom is -0.494 e. The Balaban J connectivity index is 1.32. The summed E-state index contributed by atoms with van der Waals surface area (Å²) in [6, 6.07) is 18.6. The zero-order valence-electron chi connectivity index (χ0n) is 17.9. The van der Waals surface area contributed by atoms with Gasteiger partial charge in [0.25, 0.3) is 0 Å². The third kappa shape index (κ3) is 7.69. The quantitative estimate of drug-likeness (QED) is 0.337. The van der Waals surface area contributed by atoms with Gasteiger partial charge in [-0.15, -0.1) is 0 Å². The first kappa shape index (κ1) is 22.1. The van der Waals surface area contributed by atoms with Crippen molar-refractivity contribution in [3.05, 3.63) is 65.7 Å². The molecule has 0 saturated carbocycles. The van der Waals surface area contributed by atoms with E-state index in [1.807, 2.05) is 30.3 Å². The zero-order chi connectivity index (χ0) is 21.0. The molecule has 1 aliphatic heterocycles. The van der Waals surface area contributed by atoms with E-state index in [0.29, 0.717) is 6.61 Å². The van der Waals surface area contributed by atoms with Gasteiger partial charge in [0.15, 0.2) is 5.96 Å². The SMILES string of the molecule is CN=C(NCCCOc1ccccc1)NCc1ccc(CN2CCC(O)CC2)cc1. The number of aliphatic imine (C=N–C) groups is 1. The lowest BCUT2D eigenvalue weighted by molar-refractivity contribution is 0.0792. The second-order valence-electron chi connectivity index (χ2n) is 7.69. The maximum atomic E-state index is 9.63. The molecule has 0 unspecified atom stereocenters. The lowest BCUT2D eigenvalue weighted by Crippen LogP contribution is -2.37. The molecule has 1 fully saturated rings. The molecule has 6 heteroatoms. The molecule has 3 rings (SSSR count). The predicted octanol–water partition coefficient (Wildman–Crippen LogP) is 2.78. The number of nitrogens with zero attached hydrogens (tertiary/aromatic N) is 2. The van der Waals surface area contributed by atoms with Gasteiger partial charge < -0.3 is 20.5 Å². The molecule has 2 aromatic carbocycles. The highest BCUT2D eigenvalue weighted by Gasteiger charge is 2.16. The van der Waals surface area contributed by atoms with E-state index in [0.717, 1.165) is 63.7 Å². The summed E-state index contributed by atoms with van der Waals surface area (Å²) in [5.41, 5.74) is 2.54. The van der Waals surface area contributed by atoms with Crippen LogP contribution in [0.25, 0.3) is 0 Å². The van der Waals surface area contributed by atoms with Crippen molar-refractivity contribution in [1.82, 2.24) is 15.5 Å².